The largest absolute Gasteiger partial charge is 0.464 e. The molecule has 0 radical (unpaired) electrons. The normalized spacial score (nSPS) is 14.2. The Morgan fingerprint density at radius 2 is 1.87 bits per heavy atom. The molecule has 0 saturated carbocycles. The number of ketones is 1. The lowest BCUT2D eigenvalue weighted by molar-refractivity contribution is -0.133. The molecule has 0 rings (SSSR count). The molecule has 0 aliphatic rings. The zero-order valence-corrected chi connectivity index (χ0v) is 14.6. The van der Waals surface area contributed by atoms with Crippen molar-refractivity contribution in [2.45, 2.75) is 83.8 Å². The first-order valence-electron chi connectivity index (χ1n) is 8.77. The summed E-state index contributed by atoms with van der Waals surface area (Å²) in [7, 11) is 0. The molecule has 0 unspecified atom stereocenters. The highest BCUT2D eigenvalue weighted by molar-refractivity contribution is 5.90. The van der Waals surface area contributed by atoms with Gasteiger partial charge in [0, 0.05) is 12.8 Å². The molecule has 23 heavy (non-hydrogen) atoms. The summed E-state index contributed by atoms with van der Waals surface area (Å²) in [6.07, 6.45) is 13.7. The fourth-order valence-electron chi connectivity index (χ4n) is 2.21. The smallest absolute Gasteiger partial charge is 0.293 e. The first-order valence-corrected chi connectivity index (χ1v) is 8.77. The van der Waals surface area contributed by atoms with Gasteiger partial charge in [-0.3, -0.25) is 9.59 Å². The van der Waals surface area contributed by atoms with E-state index in [4.69, 9.17) is 4.74 Å². The average Bonchev–Trinajstić information content (AvgIpc) is 2.52. The highest BCUT2D eigenvalue weighted by atomic mass is 16.5. The summed E-state index contributed by atoms with van der Waals surface area (Å²) in [5.41, 5.74) is 0. The van der Waals surface area contributed by atoms with Crippen molar-refractivity contribution >= 4 is 12.3 Å². The fourth-order valence-corrected chi connectivity index (χ4v) is 2.21. The molecule has 0 aliphatic carbocycles. The Balaban J connectivity index is 4.07. The van der Waals surface area contributed by atoms with Gasteiger partial charge in [0.25, 0.3) is 6.47 Å². The molecular weight excluding hydrogens is 292 g/mol. The monoisotopic (exact) mass is 324 g/mol. The van der Waals surface area contributed by atoms with E-state index in [2.05, 4.69) is 13.8 Å². The Bertz CT molecular complexity index is 360. The van der Waals surface area contributed by atoms with E-state index in [1.807, 2.05) is 6.08 Å². The molecule has 0 aromatic heterocycles. The predicted molar refractivity (Wildman–Crippen MR) is 93.1 cm³/mol. The number of carbonyl (C=O) groups excluding carboxylic acids is 2. The van der Waals surface area contributed by atoms with Gasteiger partial charge in [0.2, 0.25) is 0 Å². The van der Waals surface area contributed by atoms with Gasteiger partial charge in [-0.15, -0.1) is 0 Å². The van der Waals surface area contributed by atoms with Crippen LogP contribution in [-0.4, -0.2) is 29.6 Å². The number of hydrogen-bond donors (Lipinski definition) is 1. The van der Waals surface area contributed by atoms with E-state index in [9.17, 15) is 14.7 Å². The predicted octanol–water partition coefficient (Wildman–Crippen LogP) is 4.12. The molecule has 1 N–H and O–H groups in total. The van der Waals surface area contributed by atoms with Crippen LogP contribution in [0.2, 0.25) is 0 Å². The summed E-state index contributed by atoms with van der Waals surface area (Å²) in [5.74, 6) is -0.115. The van der Waals surface area contributed by atoms with Gasteiger partial charge in [-0.05, 0) is 25.3 Å². The molecular formula is C19H32O4. The lowest BCUT2D eigenvalue weighted by Gasteiger charge is -2.12. The van der Waals surface area contributed by atoms with Crippen LogP contribution in [0.4, 0.5) is 0 Å². The third kappa shape index (κ3) is 13.9. The van der Waals surface area contributed by atoms with E-state index in [0.717, 1.165) is 44.9 Å². The Hall–Kier alpha value is -1.42. The number of unbranched alkanes of at least 4 members (excludes halogenated alkanes) is 4. The highest BCUT2D eigenvalue weighted by Gasteiger charge is 2.08. The lowest BCUT2D eigenvalue weighted by Crippen LogP contribution is -2.12. The van der Waals surface area contributed by atoms with Crippen LogP contribution in [0.5, 0.6) is 0 Å². The minimum Gasteiger partial charge on any atom is -0.464 e. The topological polar surface area (TPSA) is 63.6 Å². The van der Waals surface area contributed by atoms with Crippen molar-refractivity contribution in [3.05, 3.63) is 24.3 Å². The van der Waals surface area contributed by atoms with Crippen molar-refractivity contribution < 1.29 is 19.4 Å². The summed E-state index contributed by atoms with van der Waals surface area (Å²) >= 11 is 0. The van der Waals surface area contributed by atoms with E-state index in [1.54, 1.807) is 12.2 Å². The van der Waals surface area contributed by atoms with Gasteiger partial charge in [-0.1, -0.05) is 57.8 Å². The van der Waals surface area contributed by atoms with Crippen molar-refractivity contribution in [3.63, 3.8) is 0 Å². The lowest BCUT2D eigenvalue weighted by atomic mass is 10.1. The van der Waals surface area contributed by atoms with Gasteiger partial charge in [0.05, 0.1) is 6.10 Å². The van der Waals surface area contributed by atoms with Crippen LogP contribution < -0.4 is 0 Å². The fraction of sp³-hybridized carbons (Fsp3) is 0.684. The van der Waals surface area contributed by atoms with Gasteiger partial charge in [0.15, 0.2) is 5.78 Å². The molecule has 0 fully saturated rings. The third-order valence-electron chi connectivity index (χ3n) is 3.57. The molecule has 0 heterocycles. The van der Waals surface area contributed by atoms with Crippen molar-refractivity contribution in [1.29, 1.82) is 0 Å². The molecule has 2 atom stereocenters. The molecule has 0 saturated heterocycles. The van der Waals surface area contributed by atoms with E-state index in [-0.39, 0.29) is 18.3 Å². The molecule has 0 aromatic carbocycles. The van der Waals surface area contributed by atoms with Crippen LogP contribution in [0.3, 0.4) is 0 Å². The summed E-state index contributed by atoms with van der Waals surface area (Å²) < 4.78 is 5.02. The molecule has 0 bridgehead atoms. The molecule has 0 spiro atoms. The second-order valence-corrected chi connectivity index (χ2v) is 5.80. The maximum Gasteiger partial charge on any atom is 0.293 e. The van der Waals surface area contributed by atoms with Crippen molar-refractivity contribution in [3.8, 4) is 0 Å². The first kappa shape index (κ1) is 21.6. The Morgan fingerprint density at radius 1 is 1.13 bits per heavy atom. The Kier molecular flexibility index (Phi) is 14.5. The SMILES string of the molecule is CCCC/C=C/[C@H](O)CC(=O)/C=C/C[C@@H](CCCCC)OC=O. The van der Waals surface area contributed by atoms with Gasteiger partial charge in [-0.25, -0.2) is 0 Å². The van der Waals surface area contributed by atoms with Crippen LogP contribution in [-0.2, 0) is 14.3 Å². The van der Waals surface area contributed by atoms with Crippen LogP contribution in [0.1, 0.15) is 71.6 Å². The summed E-state index contributed by atoms with van der Waals surface area (Å²) in [4.78, 5) is 22.2. The Morgan fingerprint density at radius 3 is 2.52 bits per heavy atom. The van der Waals surface area contributed by atoms with E-state index in [0.29, 0.717) is 12.9 Å². The van der Waals surface area contributed by atoms with Gasteiger partial charge in [-0.2, -0.15) is 0 Å². The van der Waals surface area contributed by atoms with Crippen LogP contribution in [0.25, 0.3) is 0 Å². The Labute approximate surface area is 140 Å². The van der Waals surface area contributed by atoms with E-state index < -0.39 is 6.10 Å². The molecule has 4 heteroatoms. The van der Waals surface area contributed by atoms with Crippen molar-refractivity contribution in [2.24, 2.45) is 0 Å². The molecule has 132 valence electrons. The van der Waals surface area contributed by atoms with Crippen LogP contribution in [0.15, 0.2) is 24.3 Å². The number of hydrogen-bond acceptors (Lipinski definition) is 4. The van der Waals surface area contributed by atoms with Crippen molar-refractivity contribution in [2.75, 3.05) is 0 Å². The number of aliphatic hydroxyl groups excluding tert-OH is 1. The van der Waals surface area contributed by atoms with Gasteiger partial charge in [0.1, 0.15) is 6.10 Å². The third-order valence-corrected chi connectivity index (χ3v) is 3.57. The van der Waals surface area contributed by atoms with Crippen molar-refractivity contribution in [1.82, 2.24) is 0 Å². The van der Waals surface area contributed by atoms with E-state index in [1.165, 1.54) is 6.08 Å². The number of ether oxygens (including phenoxy) is 1. The minimum atomic E-state index is -0.726. The van der Waals surface area contributed by atoms with Crippen LogP contribution >= 0.6 is 0 Å². The second-order valence-electron chi connectivity index (χ2n) is 5.80. The summed E-state index contributed by atoms with van der Waals surface area (Å²) in [6.45, 7) is 4.70. The standard InChI is InChI=1S/C19H32O4/c1-3-5-7-9-11-17(21)15-18(22)12-10-14-19(23-16-20)13-8-6-4-2/h9-12,16-17,19,21H,3-8,13-15H2,1-2H3/b11-9+,12-10+/t17-,19+/m0/s1. The minimum absolute atomic E-state index is 0.0914. The number of rotatable bonds is 15. The quantitative estimate of drug-likeness (QED) is 0.213. The maximum absolute atomic E-state index is 11.8. The zero-order chi connectivity index (χ0) is 17.3. The average molecular weight is 324 g/mol. The molecule has 4 nitrogen and oxygen atoms in total. The summed E-state index contributed by atoms with van der Waals surface area (Å²) in [6, 6.07) is 0. The van der Waals surface area contributed by atoms with E-state index >= 15 is 0 Å². The maximum atomic E-state index is 11.8. The molecule has 0 amide bonds. The molecule has 0 aromatic rings. The number of aliphatic hydroxyl groups is 1. The highest BCUT2D eigenvalue weighted by Crippen LogP contribution is 2.10. The first-order chi connectivity index (χ1) is 11.1. The van der Waals surface area contributed by atoms with Crippen LogP contribution in [0, 0.1) is 0 Å². The number of carbonyl (C=O) groups is 2. The second kappa shape index (κ2) is 15.5. The molecule has 0 aliphatic heterocycles. The summed E-state index contributed by atoms with van der Waals surface area (Å²) in [5, 5.41) is 9.74. The van der Waals surface area contributed by atoms with Gasteiger partial charge >= 0.3 is 0 Å². The number of allylic oxidation sites excluding steroid dienone is 2. The zero-order valence-electron chi connectivity index (χ0n) is 14.6. The van der Waals surface area contributed by atoms with Gasteiger partial charge < -0.3 is 9.84 Å².